The number of benzene rings is 2. The summed E-state index contributed by atoms with van der Waals surface area (Å²) in [4.78, 5) is 39.0. The summed E-state index contributed by atoms with van der Waals surface area (Å²) in [5.74, 6) is 0.0150. The summed E-state index contributed by atoms with van der Waals surface area (Å²) in [5, 5.41) is 6.64. The van der Waals surface area contributed by atoms with Crippen molar-refractivity contribution in [2.75, 3.05) is 32.0 Å². The Labute approximate surface area is 227 Å². The topological polar surface area (TPSA) is 90.5 Å². The summed E-state index contributed by atoms with van der Waals surface area (Å²) in [7, 11) is 1.64. The maximum atomic E-state index is 13.8. The minimum Gasteiger partial charge on any atom is -0.358 e. The van der Waals surface area contributed by atoms with E-state index in [-0.39, 0.29) is 29.7 Å². The summed E-state index contributed by atoms with van der Waals surface area (Å²) in [6.45, 7) is 3.56. The highest BCUT2D eigenvalue weighted by molar-refractivity contribution is 6.30. The monoisotopic (exact) mass is 538 g/mol. The van der Waals surface area contributed by atoms with Crippen molar-refractivity contribution >= 4 is 29.2 Å². The van der Waals surface area contributed by atoms with E-state index in [0.717, 1.165) is 11.1 Å². The molecule has 3 atom stereocenters. The molecule has 1 aromatic heterocycles. The fraction of sp³-hybridized carbons (Fsp3) is 0.357. The molecule has 0 aliphatic carbocycles. The number of halogens is 2. The normalized spacial score (nSPS) is 17.5. The first kappa shape index (κ1) is 27.5. The van der Waals surface area contributed by atoms with Crippen molar-refractivity contribution < 1.29 is 14.0 Å². The Hall–Kier alpha value is -3.56. The molecule has 0 spiro atoms. The third-order valence-electron chi connectivity index (χ3n) is 6.81. The van der Waals surface area contributed by atoms with Crippen LogP contribution in [0.4, 0.5) is 10.2 Å². The lowest BCUT2D eigenvalue weighted by atomic mass is 10.00. The van der Waals surface area contributed by atoms with Crippen LogP contribution in [0.25, 0.3) is 0 Å². The fourth-order valence-electron chi connectivity index (χ4n) is 4.80. The summed E-state index contributed by atoms with van der Waals surface area (Å²) in [6, 6.07) is 12.5. The first-order chi connectivity index (χ1) is 18.3. The highest BCUT2D eigenvalue weighted by Gasteiger charge is 2.36. The van der Waals surface area contributed by atoms with E-state index in [1.807, 2.05) is 36.1 Å². The van der Waals surface area contributed by atoms with Crippen LogP contribution >= 0.6 is 11.6 Å². The molecule has 2 heterocycles. The molecular weight excluding hydrogens is 507 g/mol. The van der Waals surface area contributed by atoms with E-state index in [1.54, 1.807) is 37.8 Å². The van der Waals surface area contributed by atoms with Gasteiger partial charge in [0.1, 0.15) is 17.7 Å². The van der Waals surface area contributed by atoms with Crippen molar-refractivity contribution in [3.8, 4) is 0 Å². The SMILES string of the molecule is CNC(=O)C(Cc1ccc(Cl)cc1)N1CCN(C(=O)C(Cc2ccc(F)cc2)Nc2cnccn2)C(C)C1. The molecule has 1 fully saturated rings. The second kappa shape index (κ2) is 12.8. The van der Waals surface area contributed by atoms with Crippen molar-refractivity contribution in [2.45, 2.75) is 37.9 Å². The average Bonchev–Trinajstić information content (AvgIpc) is 2.93. The molecule has 2 N–H and O–H groups in total. The number of anilines is 1. The van der Waals surface area contributed by atoms with Gasteiger partial charge in [0.05, 0.1) is 12.2 Å². The lowest BCUT2D eigenvalue weighted by Gasteiger charge is -2.43. The molecule has 38 heavy (non-hydrogen) atoms. The standard InChI is InChI=1S/C28H32ClFN6O2/c1-19-18-35(25(27(37)31-2)16-21-3-7-22(29)8-4-21)13-14-36(19)28(38)24(34-26-17-32-11-12-33-26)15-20-5-9-23(30)10-6-20/h3-12,17,19,24-25H,13-16,18H2,1-2H3,(H,31,37)(H,33,34). The first-order valence-electron chi connectivity index (χ1n) is 12.6. The van der Waals surface area contributed by atoms with Gasteiger partial charge in [0.25, 0.3) is 0 Å². The molecule has 0 radical (unpaired) electrons. The average molecular weight is 539 g/mol. The van der Waals surface area contributed by atoms with Crippen LogP contribution in [0, 0.1) is 5.82 Å². The van der Waals surface area contributed by atoms with Crippen LogP contribution < -0.4 is 10.6 Å². The van der Waals surface area contributed by atoms with Gasteiger partial charge in [-0.25, -0.2) is 9.37 Å². The smallest absolute Gasteiger partial charge is 0.245 e. The Morgan fingerprint density at radius 2 is 1.74 bits per heavy atom. The van der Waals surface area contributed by atoms with Gasteiger partial charge in [0, 0.05) is 56.6 Å². The number of hydrogen-bond acceptors (Lipinski definition) is 6. The van der Waals surface area contributed by atoms with E-state index in [2.05, 4.69) is 25.5 Å². The van der Waals surface area contributed by atoms with Gasteiger partial charge in [-0.2, -0.15) is 0 Å². The summed E-state index contributed by atoms with van der Waals surface area (Å²) < 4.78 is 13.5. The molecule has 1 aliphatic heterocycles. The number of carbonyl (C=O) groups is 2. The molecule has 1 aliphatic rings. The van der Waals surface area contributed by atoms with Crippen molar-refractivity contribution in [3.63, 3.8) is 0 Å². The Morgan fingerprint density at radius 3 is 2.37 bits per heavy atom. The minimum absolute atomic E-state index is 0.0644. The van der Waals surface area contributed by atoms with Crippen LogP contribution in [0.3, 0.4) is 0 Å². The number of piperazine rings is 1. The Morgan fingerprint density at radius 1 is 1.05 bits per heavy atom. The highest BCUT2D eigenvalue weighted by Crippen LogP contribution is 2.20. The molecule has 8 nitrogen and oxygen atoms in total. The van der Waals surface area contributed by atoms with Crippen LogP contribution in [0.1, 0.15) is 18.1 Å². The Kier molecular flexibility index (Phi) is 9.25. The number of aromatic nitrogens is 2. The number of hydrogen-bond donors (Lipinski definition) is 2. The number of carbonyl (C=O) groups excluding carboxylic acids is 2. The zero-order valence-corrected chi connectivity index (χ0v) is 22.2. The van der Waals surface area contributed by atoms with Crippen LogP contribution in [0.15, 0.2) is 67.1 Å². The van der Waals surface area contributed by atoms with Crippen molar-refractivity contribution in [1.82, 2.24) is 25.1 Å². The van der Waals surface area contributed by atoms with E-state index in [9.17, 15) is 14.0 Å². The number of amides is 2. The van der Waals surface area contributed by atoms with Crippen molar-refractivity contribution in [3.05, 3.63) is 89.1 Å². The molecule has 2 aromatic carbocycles. The maximum Gasteiger partial charge on any atom is 0.245 e. The molecule has 0 saturated carbocycles. The summed E-state index contributed by atoms with van der Waals surface area (Å²) >= 11 is 6.03. The molecule has 4 rings (SSSR count). The van der Waals surface area contributed by atoms with Gasteiger partial charge >= 0.3 is 0 Å². The van der Waals surface area contributed by atoms with Crippen LogP contribution in [0.5, 0.6) is 0 Å². The zero-order valence-electron chi connectivity index (χ0n) is 21.5. The Bertz CT molecular complexity index is 1210. The van der Waals surface area contributed by atoms with Gasteiger partial charge in [0.2, 0.25) is 11.8 Å². The van der Waals surface area contributed by atoms with E-state index in [0.29, 0.717) is 43.3 Å². The third-order valence-corrected chi connectivity index (χ3v) is 7.06. The number of nitrogens with one attached hydrogen (secondary N) is 2. The number of nitrogens with zero attached hydrogens (tertiary/aromatic N) is 4. The summed E-state index contributed by atoms with van der Waals surface area (Å²) in [6.07, 6.45) is 5.59. The van der Waals surface area contributed by atoms with E-state index in [1.165, 1.54) is 12.1 Å². The summed E-state index contributed by atoms with van der Waals surface area (Å²) in [5.41, 5.74) is 1.84. The van der Waals surface area contributed by atoms with Gasteiger partial charge in [-0.1, -0.05) is 35.9 Å². The second-order valence-electron chi connectivity index (χ2n) is 9.45. The van der Waals surface area contributed by atoms with Crippen molar-refractivity contribution in [1.29, 1.82) is 0 Å². The predicted octanol–water partition coefficient (Wildman–Crippen LogP) is 3.18. The first-order valence-corrected chi connectivity index (χ1v) is 13.0. The fourth-order valence-corrected chi connectivity index (χ4v) is 4.93. The lowest BCUT2D eigenvalue weighted by molar-refractivity contribution is -0.138. The van der Waals surface area contributed by atoms with Crippen LogP contribution in [-0.2, 0) is 22.4 Å². The van der Waals surface area contributed by atoms with Gasteiger partial charge in [0.15, 0.2) is 0 Å². The Balaban J connectivity index is 1.48. The largest absolute Gasteiger partial charge is 0.358 e. The second-order valence-corrected chi connectivity index (χ2v) is 9.89. The lowest BCUT2D eigenvalue weighted by Crippen LogP contribution is -2.61. The van der Waals surface area contributed by atoms with E-state index in [4.69, 9.17) is 11.6 Å². The quantitative estimate of drug-likeness (QED) is 0.435. The molecule has 1 saturated heterocycles. The molecule has 2 amide bonds. The zero-order chi connectivity index (χ0) is 27.1. The highest BCUT2D eigenvalue weighted by atomic mass is 35.5. The number of rotatable bonds is 9. The molecule has 10 heteroatoms. The van der Waals surface area contributed by atoms with Gasteiger partial charge in [-0.05, 0) is 48.7 Å². The van der Waals surface area contributed by atoms with Crippen LogP contribution in [-0.4, -0.2) is 76.4 Å². The van der Waals surface area contributed by atoms with E-state index < -0.39 is 6.04 Å². The third kappa shape index (κ3) is 7.05. The van der Waals surface area contributed by atoms with Crippen LogP contribution in [0.2, 0.25) is 5.02 Å². The minimum atomic E-state index is -0.616. The predicted molar refractivity (Wildman–Crippen MR) is 145 cm³/mol. The molecule has 3 aromatic rings. The molecular formula is C28H32ClFN6O2. The maximum absolute atomic E-state index is 13.8. The molecule has 200 valence electrons. The van der Waals surface area contributed by atoms with E-state index >= 15 is 0 Å². The molecule has 0 bridgehead atoms. The van der Waals surface area contributed by atoms with Gasteiger partial charge in [-0.15, -0.1) is 0 Å². The number of likely N-dealkylation sites (N-methyl/N-ethyl adjacent to an activating group) is 1. The van der Waals surface area contributed by atoms with Crippen molar-refractivity contribution in [2.24, 2.45) is 0 Å². The van der Waals surface area contributed by atoms with Gasteiger partial charge in [-0.3, -0.25) is 19.5 Å². The molecule has 3 unspecified atom stereocenters. The van der Waals surface area contributed by atoms with Gasteiger partial charge < -0.3 is 15.5 Å².